The summed E-state index contributed by atoms with van der Waals surface area (Å²) in [5, 5.41) is 6.22. The molecular weight excluding hydrogens is 350 g/mol. The van der Waals surface area contributed by atoms with Gasteiger partial charge >= 0.3 is 0 Å². The van der Waals surface area contributed by atoms with Gasteiger partial charge in [-0.3, -0.25) is 4.79 Å². The summed E-state index contributed by atoms with van der Waals surface area (Å²) in [5.41, 5.74) is 3.99. The van der Waals surface area contributed by atoms with Crippen LogP contribution < -0.4 is 15.4 Å². The Morgan fingerprint density at radius 3 is 2.64 bits per heavy atom. The lowest BCUT2D eigenvalue weighted by Crippen LogP contribution is -2.23. The molecule has 1 amide bonds. The molecule has 0 aliphatic rings. The highest BCUT2D eigenvalue weighted by Crippen LogP contribution is 2.18. The summed E-state index contributed by atoms with van der Waals surface area (Å²) in [6.45, 7) is 3.24. The van der Waals surface area contributed by atoms with Gasteiger partial charge in [0.2, 0.25) is 0 Å². The number of carbonyl (C=O) groups is 1. The first-order chi connectivity index (χ1) is 13.7. The number of nitrogens with one attached hydrogen (secondary N) is 2. The SMILES string of the molecule is COc1ccccc1CCNc1cc(C(=O)NCc2ccc(C)cc2)ccn1. The molecule has 3 aromatic rings. The molecule has 2 aromatic carbocycles. The van der Waals surface area contributed by atoms with Gasteiger partial charge in [0.05, 0.1) is 7.11 Å². The summed E-state index contributed by atoms with van der Waals surface area (Å²) in [6.07, 6.45) is 2.45. The van der Waals surface area contributed by atoms with Gasteiger partial charge in [0.25, 0.3) is 5.91 Å². The molecule has 0 atom stereocenters. The van der Waals surface area contributed by atoms with Crippen LogP contribution in [0.2, 0.25) is 0 Å². The summed E-state index contributed by atoms with van der Waals surface area (Å²) >= 11 is 0. The number of nitrogens with zero attached hydrogens (tertiary/aromatic N) is 1. The molecule has 0 radical (unpaired) electrons. The van der Waals surface area contributed by atoms with Gasteiger partial charge in [-0.15, -0.1) is 0 Å². The molecule has 2 N–H and O–H groups in total. The normalized spacial score (nSPS) is 10.4. The topological polar surface area (TPSA) is 63.2 Å². The van der Waals surface area contributed by atoms with Gasteiger partial charge in [-0.05, 0) is 42.7 Å². The number of aryl methyl sites for hydroxylation is 1. The molecule has 3 rings (SSSR count). The van der Waals surface area contributed by atoms with Crippen LogP contribution >= 0.6 is 0 Å². The first-order valence-electron chi connectivity index (χ1n) is 9.31. The minimum Gasteiger partial charge on any atom is -0.496 e. The quantitative estimate of drug-likeness (QED) is 0.625. The van der Waals surface area contributed by atoms with Crippen molar-refractivity contribution in [3.05, 3.63) is 89.1 Å². The summed E-state index contributed by atoms with van der Waals surface area (Å²) < 4.78 is 5.37. The van der Waals surface area contributed by atoms with Crippen molar-refractivity contribution in [3.8, 4) is 5.75 Å². The molecule has 0 spiro atoms. The zero-order chi connectivity index (χ0) is 19.8. The molecular formula is C23H25N3O2. The van der Waals surface area contributed by atoms with Crippen molar-refractivity contribution in [2.45, 2.75) is 19.9 Å². The Kier molecular flexibility index (Phi) is 6.63. The van der Waals surface area contributed by atoms with E-state index in [0.29, 0.717) is 24.5 Å². The third kappa shape index (κ3) is 5.33. The fourth-order valence-electron chi connectivity index (χ4n) is 2.89. The van der Waals surface area contributed by atoms with E-state index in [-0.39, 0.29) is 5.91 Å². The Bertz CT molecular complexity index is 923. The molecule has 1 heterocycles. The average molecular weight is 375 g/mol. The van der Waals surface area contributed by atoms with Crippen molar-refractivity contribution in [1.82, 2.24) is 10.3 Å². The number of pyridine rings is 1. The van der Waals surface area contributed by atoms with E-state index < -0.39 is 0 Å². The highest BCUT2D eigenvalue weighted by atomic mass is 16.5. The molecule has 0 aliphatic carbocycles. The molecule has 0 unspecified atom stereocenters. The second kappa shape index (κ2) is 9.55. The number of anilines is 1. The molecule has 0 saturated heterocycles. The Morgan fingerprint density at radius 1 is 1.07 bits per heavy atom. The predicted octanol–water partition coefficient (Wildman–Crippen LogP) is 3.98. The molecule has 0 bridgehead atoms. The second-order valence-electron chi connectivity index (χ2n) is 6.59. The van der Waals surface area contributed by atoms with Crippen LogP contribution in [0.25, 0.3) is 0 Å². The number of ether oxygens (including phenoxy) is 1. The van der Waals surface area contributed by atoms with Crippen molar-refractivity contribution in [2.24, 2.45) is 0 Å². The van der Waals surface area contributed by atoms with Crippen LogP contribution in [0.5, 0.6) is 5.75 Å². The van der Waals surface area contributed by atoms with E-state index in [1.54, 1.807) is 25.4 Å². The summed E-state index contributed by atoms with van der Waals surface area (Å²) in [6, 6.07) is 19.6. The van der Waals surface area contributed by atoms with E-state index in [9.17, 15) is 4.79 Å². The average Bonchev–Trinajstić information content (AvgIpc) is 2.73. The minimum atomic E-state index is -0.115. The van der Waals surface area contributed by atoms with E-state index in [1.807, 2.05) is 55.5 Å². The number of benzene rings is 2. The molecule has 0 saturated carbocycles. The number of methoxy groups -OCH3 is 1. The summed E-state index contributed by atoms with van der Waals surface area (Å²) in [5.74, 6) is 1.44. The Morgan fingerprint density at radius 2 is 1.86 bits per heavy atom. The molecule has 28 heavy (non-hydrogen) atoms. The van der Waals surface area contributed by atoms with E-state index in [4.69, 9.17) is 4.74 Å². The van der Waals surface area contributed by atoms with Crippen LogP contribution in [0.1, 0.15) is 27.0 Å². The first-order valence-corrected chi connectivity index (χ1v) is 9.31. The maximum absolute atomic E-state index is 12.4. The van der Waals surface area contributed by atoms with Gasteiger partial charge in [0, 0.05) is 24.8 Å². The predicted molar refractivity (Wildman–Crippen MR) is 112 cm³/mol. The minimum absolute atomic E-state index is 0.115. The van der Waals surface area contributed by atoms with Crippen molar-refractivity contribution < 1.29 is 9.53 Å². The molecule has 5 heteroatoms. The number of hydrogen-bond donors (Lipinski definition) is 2. The molecule has 0 fully saturated rings. The van der Waals surface area contributed by atoms with Crippen LogP contribution in [0.4, 0.5) is 5.82 Å². The lowest BCUT2D eigenvalue weighted by molar-refractivity contribution is 0.0951. The zero-order valence-electron chi connectivity index (χ0n) is 16.2. The zero-order valence-corrected chi connectivity index (χ0v) is 16.2. The second-order valence-corrected chi connectivity index (χ2v) is 6.59. The Labute approximate surface area is 165 Å². The lowest BCUT2D eigenvalue weighted by atomic mass is 10.1. The number of para-hydroxylation sites is 1. The largest absolute Gasteiger partial charge is 0.496 e. The van der Waals surface area contributed by atoms with Gasteiger partial charge in [0.1, 0.15) is 11.6 Å². The van der Waals surface area contributed by atoms with E-state index in [0.717, 1.165) is 23.3 Å². The van der Waals surface area contributed by atoms with Crippen molar-refractivity contribution >= 4 is 11.7 Å². The number of amides is 1. The maximum Gasteiger partial charge on any atom is 0.251 e. The number of hydrogen-bond acceptors (Lipinski definition) is 4. The fraction of sp³-hybridized carbons (Fsp3) is 0.217. The smallest absolute Gasteiger partial charge is 0.251 e. The Hall–Kier alpha value is -3.34. The monoisotopic (exact) mass is 375 g/mol. The van der Waals surface area contributed by atoms with E-state index in [2.05, 4.69) is 15.6 Å². The third-order valence-electron chi connectivity index (χ3n) is 4.49. The van der Waals surface area contributed by atoms with Crippen LogP contribution in [-0.4, -0.2) is 24.5 Å². The molecule has 144 valence electrons. The van der Waals surface area contributed by atoms with Crippen molar-refractivity contribution in [2.75, 3.05) is 19.0 Å². The van der Waals surface area contributed by atoms with Gasteiger partial charge in [0.15, 0.2) is 0 Å². The fourth-order valence-corrected chi connectivity index (χ4v) is 2.89. The van der Waals surface area contributed by atoms with Crippen LogP contribution in [0, 0.1) is 6.92 Å². The third-order valence-corrected chi connectivity index (χ3v) is 4.49. The number of carbonyl (C=O) groups excluding carboxylic acids is 1. The van der Waals surface area contributed by atoms with Crippen LogP contribution in [0.15, 0.2) is 66.9 Å². The van der Waals surface area contributed by atoms with Gasteiger partial charge in [-0.2, -0.15) is 0 Å². The van der Waals surface area contributed by atoms with Crippen molar-refractivity contribution in [1.29, 1.82) is 0 Å². The van der Waals surface area contributed by atoms with Crippen LogP contribution in [-0.2, 0) is 13.0 Å². The standard InChI is InChI=1S/C23H25N3O2/c1-17-7-9-18(10-8-17)16-26-23(27)20-12-14-25-22(15-20)24-13-11-19-5-3-4-6-21(19)28-2/h3-10,12,14-15H,11,13,16H2,1-2H3,(H,24,25)(H,26,27). The maximum atomic E-state index is 12.4. The lowest BCUT2D eigenvalue weighted by Gasteiger charge is -2.10. The molecule has 0 aliphatic heterocycles. The summed E-state index contributed by atoms with van der Waals surface area (Å²) in [4.78, 5) is 16.7. The molecule has 5 nitrogen and oxygen atoms in total. The Balaban J connectivity index is 1.54. The summed E-state index contributed by atoms with van der Waals surface area (Å²) in [7, 11) is 1.67. The van der Waals surface area contributed by atoms with Gasteiger partial charge in [-0.25, -0.2) is 4.98 Å². The molecule has 1 aromatic heterocycles. The van der Waals surface area contributed by atoms with Gasteiger partial charge in [-0.1, -0.05) is 48.0 Å². The van der Waals surface area contributed by atoms with Crippen LogP contribution in [0.3, 0.4) is 0 Å². The highest BCUT2D eigenvalue weighted by molar-refractivity contribution is 5.94. The first kappa shape index (κ1) is 19.4. The number of rotatable bonds is 8. The van der Waals surface area contributed by atoms with Crippen molar-refractivity contribution in [3.63, 3.8) is 0 Å². The van der Waals surface area contributed by atoms with Gasteiger partial charge < -0.3 is 15.4 Å². The van der Waals surface area contributed by atoms with E-state index >= 15 is 0 Å². The highest BCUT2D eigenvalue weighted by Gasteiger charge is 2.07. The van der Waals surface area contributed by atoms with E-state index in [1.165, 1.54) is 5.56 Å². The number of aromatic nitrogens is 1.